The van der Waals surface area contributed by atoms with E-state index in [1.54, 1.807) is 14.2 Å². The lowest BCUT2D eigenvalue weighted by atomic mass is 9.76. The number of amides is 1. The van der Waals surface area contributed by atoms with Crippen LogP contribution >= 0.6 is 0 Å². The van der Waals surface area contributed by atoms with Crippen molar-refractivity contribution in [3.8, 4) is 5.75 Å². The fourth-order valence-corrected chi connectivity index (χ4v) is 7.17. The van der Waals surface area contributed by atoms with Gasteiger partial charge in [0.25, 0.3) is 5.91 Å². The van der Waals surface area contributed by atoms with Gasteiger partial charge in [-0.1, -0.05) is 43.2 Å². The summed E-state index contributed by atoms with van der Waals surface area (Å²) in [7, 11) is 5.59. The van der Waals surface area contributed by atoms with E-state index in [9.17, 15) is 4.79 Å². The van der Waals surface area contributed by atoms with Gasteiger partial charge in [-0.15, -0.1) is 0 Å². The van der Waals surface area contributed by atoms with Crippen molar-refractivity contribution in [1.29, 1.82) is 0 Å². The average Bonchev–Trinajstić information content (AvgIpc) is 3.03. The van der Waals surface area contributed by atoms with Crippen molar-refractivity contribution < 1.29 is 19.0 Å². The van der Waals surface area contributed by atoms with Crippen molar-refractivity contribution in [3.63, 3.8) is 0 Å². The normalized spacial score (nSPS) is 26.1. The first-order valence-corrected chi connectivity index (χ1v) is 15.1. The Morgan fingerprint density at radius 2 is 1.88 bits per heavy atom. The molecule has 1 amide bonds. The highest BCUT2D eigenvalue weighted by Gasteiger charge is 2.35. The van der Waals surface area contributed by atoms with Gasteiger partial charge in [-0.05, 0) is 69.4 Å². The molecule has 8 heteroatoms. The van der Waals surface area contributed by atoms with Crippen LogP contribution in [0.4, 0.5) is 0 Å². The minimum atomic E-state index is -0.0516. The van der Waals surface area contributed by atoms with Crippen molar-refractivity contribution in [1.82, 2.24) is 19.8 Å². The molecule has 3 aliphatic rings. The summed E-state index contributed by atoms with van der Waals surface area (Å²) in [6, 6.07) is 11.7. The monoisotopic (exact) mass is 550 g/mol. The summed E-state index contributed by atoms with van der Waals surface area (Å²) in [4.78, 5) is 27.0. The number of rotatable bonds is 9. The second-order valence-electron chi connectivity index (χ2n) is 11.8. The molecule has 5 rings (SSSR count). The quantitative estimate of drug-likeness (QED) is 0.447. The first kappa shape index (κ1) is 29.0. The Hall–Kier alpha value is -2.55. The SMILES string of the molecule is COc1c(CC[C@H]2CCC[C@@H](c3ccccc3)C2)ncnc1C(=O)N1CCC(N(C)C2CCOCC2OC)CC1. The van der Waals surface area contributed by atoms with E-state index < -0.39 is 0 Å². The number of carbonyl (C=O) groups is 1. The van der Waals surface area contributed by atoms with Gasteiger partial charge in [0.05, 0.1) is 25.5 Å². The summed E-state index contributed by atoms with van der Waals surface area (Å²) in [6.45, 7) is 2.84. The first-order chi connectivity index (χ1) is 19.6. The molecule has 0 bridgehead atoms. The van der Waals surface area contributed by atoms with Crippen LogP contribution in [0, 0.1) is 5.92 Å². The van der Waals surface area contributed by atoms with Crippen LogP contribution in [-0.2, 0) is 15.9 Å². The van der Waals surface area contributed by atoms with Gasteiger partial charge in [0, 0.05) is 38.9 Å². The molecule has 1 aliphatic carbocycles. The number of likely N-dealkylation sites (N-methyl/N-ethyl adjacent to an activating group) is 1. The van der Waals surface area contributed by atoms with E-state index in [-0.39, 0.29) is 12.0 Å². The van der Waals surface area contributed by atoms with Crippen LogP contribution in [0.1, 0.15) is 79.0 Å². The van der Waals surface area contributed by atoms with Gasteiger partial charge in [0.1, 0.15) is 6.33 Å². The molecule has 218 valence electrons. The van der Waals surface area contributed by atoms with Gasteiger partial charge in [-0.3, -0.25) is 9.69 Å². The van der Waals surface area contributed by atoms with Crippen LogP contribution in [0.5, 0.6) is 5.75 Å². The highest BCUT2D eigenvalue weighted by Crippen LogP contribution is 2.38. The Morgan fingerprint density at radius 1 is 1.07 bits per heavy atom. The second-order valence-corrected chi connectivity index (χ2v) is 11.8. The fraction of sp³-hybridized carbons (Fsp3) is 0.656. The third-order valence-corrected chi connectivity index (χ3v) is 9.55. The molecule has 40 heavy (non-hydrogen) atoms. The minimum absolute atomic E-state index is 0.0516. The molecular weight excluding hydrogens is 504 g/mol. The topological polar surface area (TPSA) is 77.0 Å². The Kier molecular flexibility index (Phi) is 10.0. The average molecular weight is 551 g/mol. The van der Waals surface area contributed by atoms with E-state index in [0.717, 1.165) is 44.4 Å². The Bertz CT molecular complexity index is 1090. The summed E-state index contributed by atoms with van der Waals surface area (Å²) in [5, 5.41) is 0. The number of hydrogen-bond acceptors (Lipinski definition) is 7. The predicted molar refractivity (Wildman–Crippen MR) is 155 cm³/mol. The van der Waals surface area contributed by atoms with E-state index >= 15 is 0 Å². The molecule has 0 spiro atoms. The molecule has 4 atom stereocenters. The van der Waals surface area contributed by atoms with Crippen LogP contribution in [-0.4, -0.2) is 91.4 Å². The van der Waals surface area contributed by atoms with Gasteiger partial charge in [-0.25, -0.2) is 9.97 Å². The minimum Gasteiger partial charge on any atom is -0.492 e. The lowest BCUT2D eigenvalue weighted by molar-refractivity contribution is -0.0891. The van der Waals surface area contributed by atoms with Crippen molar-refractivity contribution in [3.05, 3.63) is 53.6 Å². The molecule has 2 saturated heterocycles. The molecule has 0 N–H and O–H groups in total. The summed E-state index contributed by atoms with van der Waals surface area (Å²) in [5.41, 5.74) is 2.71. The van der Waals surface area contributed by atoms with Crippen molar-refractivity contribution >= 4 is 5.91 Å². The number of methoxy groups -OCH3 is 2. The zero-order valence-electron chi connectivity index (χ0n) is 24.5. The highest BCUT2D eigenvalue weighted by atomic mass is 16.5. The summed E-state index contributed by atoms with van der Waals surface area (Å²) >= 11 is 0. The fourth-order valence-electron chi connectivity index (χ4n) is 7.17. The summed E-state index contributed by atoms with van der Waals surface area (Å²) in [6.07, 6.45) is 11.3. The zero-order valence-corrected chi connectivity index (χ0v) is 24.5. The zero-order chi connectivity index (χ0) is 27.9. The maximum atomic E-state index is 13.6. The van der Waals surface area contributed by atoms with Gasteiger partial charge in [-0.2, -0.15) is 0 Å². The van der Waals surface area contributed by atoms with Gasteiger partial charge in [0.2, 0.25) is 0 Å². The third-order valence-electron chi connectivity index (χ3n) is 9.55. The van der Waals surface area contributed by atoms with Gasteiger partial charge < -0.3 is 19.1 Å². The van der Waals surface area contributed by atoms with E-state index in [1.807, 2.05) is 4.90 Å². The van der Waals surface area contributed by atoms with Crippen LogP contribution in [0.25, 0.3) is 0 Å². The predicted octanol–water partition coefficient (Wildman–Crippen LogP) is 4.73. The van der Waals surface area contributed by atoms with Crippen molar-refractivity contribution in [2.24, 2.45) is 5.92 Å². The van der Waals surface area contributed by atoms with Crippen LogP contribution in [0.2, 0.25) is 0 Å². The van der Waals surface area contributed by atoms with Crippen molar-refractivity contribution in [2.75, 3.05) is 47.6 Å². The third kappa shape index (κ3) is 6.67. The second kappa shape index (κ2) is 13.9. The maximum Gasteiger partial charge on any atom is 0.276 e. The lowest BCUT2D eigenvalue weighted by Crippen LogP contribution is -2.54. The summed E-state index contributed by atoms with van der Waals surface area (Å²) < 4.78 is 17.1. The van der Waals surface area contributed by atoms with Crippen LogP contribution < -0.4 is 4.74 Å². The molecule has 2 unspecified atom stereocenters. The number of aryl methyl sites for hydroxylation is 1. The number of piperidine rings is 1. The standard InChI is InChI=1S/C32H46N4O4/c1-35(28-16-19-40-21-29(28)38-2)26-14-17-36(18-15-26)32(37)30-31(39-3)27(33-22-34-30)13-12-23-8-7-11-25(20-23)24-9-5-4-6-10-24/h4-6,9-10,22-23,25-26,28-29H,7-8,11-21H2,1-3H3/t23-,25-,28?,29?/m1/s1. The van der Waals surface area contributed by atoms with Crippen molar-refractivity contribution in [2.45, 2.75) is 81.9 Å². The van der Waals surface area contributed by atoms with Gasteiger partial charge in [0.15, 0.2) is 11.4 Å². The Morgan fingerprint density at radius 3 is 2.62 bits per heavy atom. The molecule has 1 aromatic heterocycles. The van der Waals surface area contributed by atoms with E-state index in [2.05, 4.69) is 52.2 Å². The molecule has 2 aliphatic heterocycles. The van der Waals surface area contributed by atoms with E-state index in [0.29, 0.717) is 55.1 Å². The number of likely N-dealkylation sites (tertiary alicyclic amines) is 1. The first-order valence-electron chi connectivity index (χ1n) is 15.1. The molecule has 3 fully saturated rings. The molecule has 1 saturated carbocycles. The maximum absolute atomic E-state index is 13.6. The van der Waals surface area contributed by atoms with E-state index in [4.69, 9.17) is 14.2 Å². The van der Waals surface area contributed by atoms with E-state index in [1.165, 1.54) is 37.6 Å². The molecule has 1 aromatic carbocycles. The van der Waals surface area contributed by atoms with Crippen LogP contribution in [0.15, 0.2) is 36.7 Å². The lowest BCUT2D eigenvalue weighted by Gasteiger charge is -2.44. The molecule has 2 aromatic rings. The Labute approximate surface area is 239 Å². The number of aromatic nitrogens is 2. The molecule has 0 radical (unpaired) electrons. The largest absolute Gasteiger partial charge is 0.492 e. The highest BCUT2D eigenvalue weighted by molar-refractivity contribution is 5.95. The van der Waals surface area contributed by atoms with Gasteiger partial charge >= 0.3 is 0 Å². The Balaban J connectivity index is 1.18. The summed E-state index contributed by atoms with van der Waals surface area (Å²) in [5.74, 6) is 1.79. The molecular formula is C32H46N4O4. The molecule has 8 nitrogen and oxygen atoms in total. The number of ether oxygens (including phenoxy) is 3. The number of carbonyl (C=O) groups excluding carboxylic acids is 1. The number of hydrogen-bond donors (Lipinski definition) is 0. The smallest absolute Gasteiger partial charge is 0.276 e. The number of benzene rings is 1. The number of nitrogens with zero attached hydrogens (tertiary/aromatic N) is 4. The van der Waals surface area contributed by atoms with Crippen LogP contribution in [0.3, 0.4) is 0 Å². The molecule has 3 heterocycles.